The van der Waals surface area contributed by atoms with Crippen molar-refractivity contribution >= 4 is 23.6 Å². The zero-order valence-corrected chi connectivity index (χ0v) is 13.0. The molecular weight excluding hydrogens is 302 g/mol. The molecule has 2 aromatic rings. The minimum Gasteiger partial charge on any atom is -0.481 e. The lowest BCUT2D eigenvalue weighted by atomic mass is 10.1. The van der Waals surface area contributed by atoms with Gasteiger partial charge < -0.3 is 14.8 Å². The topological polar surface area (TPSA) is 79.5 Å². The fourth-order valence-corrected chi connectivity index (χ4v) is 2.80. The molecule has 0 unspecified atom stereocenters. The quantitative estimate of drug-likeness (QED) is 0.606. The predicted octanol–water partition coefficient (Wildman–Crippen LogP) is 2.74. The van der Waals surface area contributed by atoms with Crippen molar-refractivity contribution in [3.63, 3.8) is 0 Å². The van der Waals surface area contributed by atoms with E-state index in [1.165, 1.54) is 6.26 Å². The highest BCUT2D eigenvalue weighted by molar-refractivity contribution is 7.99. The first-order valence-electron chi connectivity index (χ1n) is 6.82. The molecule has 1 heterocycles. The van der Waals surface area contributed by atoms with Crippen LogP contribution in [0.15, 0.2) is 45.9 Å². The number of carboxylic acids is 1. The average molecular weight is 319 g/mol. The van der Waals surface area contributed by atoms with E-state index in [-0.39, 0.29) is 18.1 Å². The number of carbonyl (C=O) groups excluding carboxylic acids is 1. The van der Waals surface area contributed by atoms with Gasteiger partial charge in [0, 0.05) is 22.8 Å². The molecule has 0 atom stereocenters. The van der Waals surface area contributed by atoms with E-state index in [1.807, 2.05) is 30.3 Å². The van der Waals surface area contributed by atoms with Gasteiger partial charge in [-0.05, 0) is 19.1 Å². The SMILES string of the molecule is Cc1coc(CC(=O)O)c1C(=O)NCCSc1ccccc1. The Balaban J connectivity index is 1.87. The molecule has 0 aliphatic heterocycles. The number of amides is 1. The van der Waals surface area contributed by atoms with Gasteiger partial charge in [0.1, 0.15) is 12.2 Å². The second-order valence-electron chi connectivity index (χ2n) is 4.70. The van der Waals surface area contributed by atoms with Crippen LogP contribution in [0.5, 0.6) is 0 Å². The first-order chi connectivity index (χ1) is 10.6. The van der Waals surface area contributed by atoms with Crippen molar-refractivity contribution in [1.82, 2.24) is 5.32 Å². The zero-order valence-electron chi connectivity index (χ0n) is 12.2. The van der Waals surface area contributed by atoms with Crippen LogP contribution >= 0.6 is 11.8 Å². The summed E-state index contributed by atoms with van der Waals surface area (Å²) in [5.74, 6) is -0.390. The maximum atomic E-state index is 12.2. The largest absolute Gasteiger partial charge is 0.481 e. The third kappa shape index (κ3) is 4.39. The van der Waals surface area contributed by atoms with Crippen LogP contribution in [0.1, 0.15) is 21.7 Å². The van der Waals surface area contributed by atoms with Crippen molar-refractivity contribution in [3.05, 3.63) is 53.5 Å². The van der Waals surface area contributed by atoms with Gasteiger partial charge in [-0.25, -0.2) is 0 Å². The molecular formula is C16H17NO4S. The Bertz CT molecular complexity index is 651. The monoisotopic (exact) mass is 319 g/mol. The van der Waals surface area contributed by atoms with E-state index in [4.69, 9.17) is 9.52 Å². The number of thioether (sulfide) groups is 1. The fraction of sp³-hybridized carbons (Fsp3) is 0.250. The summed E-state index contributed by atoms with van der Waals surface area (Å²) in [5, 5.41) is 11.6. The average Bonchev–Trinajstić information content (AvgIpc) is 2.84. The smallest absolute Gasteiger partial charge is 0.311 e. The van der Waals surface area contributed by atoms with Gasteiger partial charge >= 0.3 is 5.97 Å². The highest BCUT2D eigenvalue weighted by atomic mass is 32.2. The Morgan fingerprint density at radius 2 is 2.00 bits per heavy atom. The summed E-state index contributed by atoms with van der Waals surface area (Å²) in [6.45, 7) is 2.22. The number of hydrogen-bond acceptors (Lipinski definition) is 4. The lowest BCUT2D eigenvalue weighted by Gasteiger charge is -2.06. The molecule has 1 aromatic carbocycles. The molecule has 0 saturated heterocycles. The summed E-state index contributed by atoms with van der Waals surface area (Å²) in [6.07, 6.45) is 1.11. The Labute approximate surface area is 132 Å². The summed E-state index contributed by atoms with van der Waals surface area (Å²) in [4.78, 5) is 24.1. The van der Waals surface area contributed by atoms with Gasteiger partial charge in [-0.15, -0.1) is 11.8 Å². The fourth-order valence-electron chi connectivity index (χ4n) is 2.01. The number of aryl methyl sites for hydroxylation is 1. The van der Waals surface area contributed by atoms with Crippen LogP contribution in [-0.4, -0.2) is 29.3 Å². The number of aliphatic carboxylic acids is 1. The van der Waals surface area contributed by atoms with Gasteiger partial charge in [0.15, 0.2) is 0 Å². The van der Waals surface area contributed by atoms with E-state index < -0.39 is 5.97 Å². The molecule has 2 rings (SSSR count). The summed E-state index contributed by atoms with van der Waals surface area (Å²) in [7, 11) is 0. The van der Waals surface area contributed by atoms with Gasteiger partial charge in [-0.3, -0.25) is 9.59 Å². The van der Waals surface area contributed by atoms with Gasteiger partial charge in [0.25, 0.3) is 5.91 Å². The Kier molecular flexibility index (Phi) is 5.66. The maximum absolute atomic E-state index is 12.2. The lowest BCUT2D eigenvalue weighted by molar-refractivity contribution is -0.136. The normalized spacial score (nSPS) is 10.4. The van der Waals surface area contributed by atoms with Gasteiger partial charge in [-0.2, -0.15) is 0 Å². The first kappa shape index (κ1) is 16.2. The van der Waals surface area contributed by atoms with Gasteiger partial charge in [0.2, 0.25) is 0 Å². The number of hydrogen-bond donors (Lipinski definition) is 2. The number of carbonyl (C=O) groups is 2. The van der Waals surface area contributed by atoms with Crippen molar-refractivity contribution in [2.75, 3.05) is 12.3 Å². The van der Waals surface area contributed by atoms with Crippen molar-refractivity contribution in [2.24, 2.45) is 0 Å². The van der Waals surface area contributed by atoms with Crippen LogP contribution in [0.2, 0.25) is 0 Å². The van der Waals surface area contributed by atoms with E-state index in [9.17, 15) is 9.59 Å². The Hall–Kier alpha value is -2.21. The Morgan fingerprint density at radius 1 is 1.27 bits per heavy atom. The molecule has 116 valence electrons. The lowest BCUT2D eigenvalue weighted by Crippen LogP contribution is -2.27. The van der Waals surface area contributed by atoms with Crippen LogP contribution < -0.4 is 5.32 Å². The number of rotatable bonds is 7. The van der Waals surface area contributed by atoms with Crippen molar-refractivity contribution in [2.45, 2.75) is 18.2 Å². The zero-order chi connectivity index (χ0) is 15.9. The van der Waals surface area contributed by atoms with Crippen LogP contribution in [0.25, 0.3) is 0 Å². The summed E-state index contributed by atoms with van der Waals surface area (Å²) in [5.41, 5.74) is 0.969. The minimum absolute atomic E-state index is 0.193. The van der Waals surface area contributed by atoms with E-state index in [1.54, 1.807) is 18.7 Å². The molecule has 0 aliphatic rings. The summed E-state index contributed by atoms with van der Waals surface area (Å²) >= 11 is 1.65. The molecule has 0 saturated carbocycles. The second-order valence-corrected chi connectivity index (χ2v) is 5.87. The minimum atomic E-state index is -1.02. The molecule has 1 amide bonds. The molecule has 5 nitrogen and oxygen atoms in total. The summed E-state index contributed by atoms with van der Waals surface area (Å²) in [6, 6.07) is 9.91. The third-order valence-corrected chi connectivity index (χ3v) is 4.00. The predicted molar refractivity (Wildman–Crippen MR) is 84.3 cm³/mol. The molecule has 0 bridgehead atoms. The molecule has 1 aromatic heterocycles. The highest BCUT2D eigenvalue weighted by Gasteiger charge is 2.20. The molecule has 0 fully saturated rings. The molecule has 2 N–H and O–H groups in total. The molecule has 0 spiro atoms. The van der Waals surface area contributed by atoms with Crippen LogP contribution in [0.4, 0.5) is 0 Å². The van der Waals surface area contributed by atoms with Gasteiger partial charge in [0.05, 0.1) is 11.8 Å². The summed E-state index contributed by atoms with van der Waals surface area (Å²) < 4.78 is 5.16. The number of nitrogens with one attached hydrogen (secondary N) is 1. The van der Waals surface area contributed by atoms with Crippen LogP contribution in [-0.2, 0) is 11.2 Å². The number of furan rings is 1. The van der Waals surface area contributed by atoms with E-state index >= 15 is 0 Å². The number of benzene rings is 1. The van der Waals surface area contributed by atoms with Crippen LogP contribution in [0, 0.1) is 6.92 Å². The molecule has 22 heavy (non-hydrogen) atoms. The van der Waals surface area contributed by atoms with Crippen molar-refractivity contribution < 1.29 is 19.1 Å². The first-order valence-corrected chi connectivity index (χ1v) is 7.81. The third-order valence-electron chi connectivity index (χ3n) is 2.99. The van der Waals surface area contributed by atoms with E-state index in [2.05, 4.69) is 5.32 Å². The highest BCUT2D eigenvalue weighted by Crippen LogP contribution is 2.18. The number of carboxylic acid groups (broad SMARTS) is 1. The van der Waals surface area contributed by atoms with E-state index in [0.29, 0.717) is 17.7 Å². The van der Waals surface area contributed by atoms with Crippen LogP contribution in [0.3, 0.4) is 0 Å². The maximum Gasteiger partial charge on any atom is 0.311 e. The Morgan fingerprint density at radius 3 is 2.68 bits per heavy atom. The molecule has 6 heteroatoms. The molecule has 0 aliphatic carbocycles. The second kappa shape index (κ2) is 7.70. The van der Waals surface area contributed by atoms with E-state index in [0.717, 1.165) is 10.6 Å². The van der Waals surface area contributed by atoms with Crippen molar-refractivity contribution in [3.8, 4) is 0 Å². The van der Waals surface area contributed by atoms with Crippen molar-refractivity contribution in [1.29, 1.82) is 0 Å². The van der Waals surface area contributed by atoms with Gasteiger partial charge in [-0.1, -0.05) is 18.2 Å². The standard InChI is InChI=1S/C16H17NO4S/c1-11-10-21-13(9-14(18)19)15(11)16(20)17-7-8-22-12-5-3-2-4-6-12/h2-6,10H,7-9H2,1H3,(H,17,20)(H,18,19). The molecule has 0 radical (unpaired) electrons.